The minimum Gasteiger partial charge on any atom is -0.360 e. The number of benzene rings is 1. The second-order valence-corrected chi connectivity index (χ2v) is 4.57. The molecule has 2 aromatic rings. The molecule has 0 spiro atoms. The third-order valence-electron chi connectivity index (χ3n) is 2.29. The molecular formula is C12H12BrNO. The van der Waals surface area contributed by atoms with Gasteiger partial charge in [0, 0.05) is 5.56 Å². The number of nitrogens with zero attached hydrogens (tertiary/aromatic N) is 1. The first-order valence-corrected chi connectivity index (χ1v) is 5.57. The van der Waals surface area contributed by atoms with Gasteiger partial charge in [0.05, 0.1) is 4.47 Å². The first kappa shape index (κ1) is 10.4. The van der Waals surface area contributed by atoms with Crippen LogP contribution in [-0.2, 0) is 0 Å². The van der Waals surface area contributed by atoms with Gasteiger partial charge in [-0.1, -0.05) is 22.3 Å². The Morgan fingerprint density at radius 1 is 1.07 bits per heavy atom. The molecule has 0 bridgehead atoms. The van der Waals surface area contributed by atoms with Crippen LogP contribution in [0.3, 0.4) is 0 Å². The molecule has 2 rings (SSSR count). The highest BCUT2D eigenvalue weighted by molar-refractivity contribution is 9.10. The molecule has 1 heterocycles. The van der Waals surface area contributed by atoms with E-state index in [-0.39, 0.29) is 0 Å². The van der Waals surface area contributed by atoms with Gasteiger partial charge in [-0.3, -0.25) is 0 Å². The zero-order chi connectivity index (χ0) is 11.0. The molecule has 0 saturated carbocycles. The van der Waals surface area contributed by atoms with E-state index in [9.17, 15) is 0 Å². The average Bonchev–Trinajstić information content (AvgIpc) is 2.46. The predicted octanol–water partition coefficient (Wildman–Crippen LogP) is 4.03. The van der Waals surface area contributed by atoms with Gasteiger partial charge in [-0.2, -0.15) is 0 Å². The molecule has 1 aromatic heterocycles. The Balaban J connectivity index is 2.58. The smallest absolute Gasteiger partial charge is 0.148 e. The standard InChI is InChI=1S/C12H12BrNO/c1-7-4-8(2)6-10(5-7)12-11(13)9(3)15-14-12/h4-6H,1-3H3. The lowest BCUT2D eigenvalue weighted by Gasteiger charge is -2.01. The van der Waals surface area contributed by atoms with Crippen molar-refractivity contribution in [3.8, 4) is 11.3 Å². The summed E-state index contributed by atoms with van der Waals surface area (Å²) < 4.78 is 6.07. The Morgan fingerprint density at radius 3 is 2.13 bits per heavy atom. The van der Waals surface area contributed by atoms with E-state index >= 15 is 0 Å². The number of aromatic nitrogens is 1. The Morgan fingerprint density at radius 2 is 1.67 bits per heavy atom. The molecule has 78 valence electrons. The van der Waals surface area contributed by atoms with Crippen molar-refractivity contribution in [2.75, 3.05) is 0 Å². The number of aryl methyl sites for hydroxylation is 3. The van der Waals surface area contributed by atoms with Crippen LogP contribution in [0.15, 0.2) is 27.2 Å². The van der Waals surface area contributed by atoms with Crippen molar-refractivity contribution in [3.63, 3.8) is 0 Å². The van der Waals surface area contributed by atoms with Crippen molar-refractivity contribution in [1.29, 1.82) is 0 Å². The first-order chi connectivity index (χ1) is 7.08. The highest BCUT2D eigenvalue weighted by Crippen LogP contribution is 2.30. The van der Waals surface area contributed by atoms with Crippen LogP contribution in [0.2, 0.25) is 0 Å². The Hall–Kier alpha value is -1.09. The average molecular weight is 266 g/mol. The lowest BCUT2D eigenvalue weighted by molar-refractivity contribution is 0.399. The molecule has 0 aliphatic heterocycles. The summed E-state index contributed by atoms with van der Waals surface area (Å²) >= 11 is 3.48. The minimum atomic E-state index is 0.809. The number of hydrogen-bond acceptors (Lipinski definition) is 2. The Labute approximate surface area is 97.4 Å². The molecule has 2 nitrogen and oxygen atoms in total. The predicted molar refractivity (Wildman–Crippen MR) is 63.9 cm³/mol. The van der Waals surface area contributed by atoms with Crippen LogP contribution >= 0.6 is 15.9 Å². The molecule has 0 aliphatic rings. The second kappa shape index (κ2) is 3.81. The highest BCUT2D eigenvalue weighted by Gasteiger charge is 2.12. The molecule has 0 fully saturated rings. The van der Waals surface area contributed by atoms with E-state index in [2.05, 4.69) is 53.1 Å². The van der Waals surface area contributed by atoms with Crippen molar-refractivity contribution in [2.24, 2.45) is 0 Å². The second-order valence-electron chi connectivity index (χ2n) is 3.78. The summed E-state index contributed by atoms with van der Waals surface area (Å²) in [6, 6.07) is 6.36. The number of hydrogen-bond donors (Lipinski definition) is 0. The fourth-order valence-corrected chi connectivity index (χ4v) is 2.03. The Kier molecular flexibility index (Phi) is 2.65. The van der Waals surface area contributed by atoms with Crippen LogP contribution in [0, 0.1) is 20.8 Å². The molecule has 15 heavy (non-hydrogen) atoms. The normalized spacial score (nSPS) is 10.7. The summed E-state index contributed by atoms with van der Waals surface area (Å²) in [6.07, 6.45) is 0. The molecule has 0 amide bonds. The molecule has 0 atom stereocenters. The minimum absolute atomic E-state index is 0.809. The van der Waals surface area contributed by atoms with E-state index in [0.717, 1.165) is 21.5 Å². The summed E-state index contributed by atoms with van der Waals surface area (Å²) in [6.45, 7) is 6.05. The van der Waals surface area contributed by atoms with E-state index < -0.39 is 0 Å². The molecule has 3 heteroatoms. The summed E-state index contributed by atoms with van der Waals surface area (Å²) in [5, 5.41) is 4.05. The molecular weight excluding hydrogens is 254 g/mol. The van der Waals surface area contributed by atoms with E-state index in [0.29, 0.717) is 0 Å². The summed E-state index contributed by atoms with van der Waals surface area (Å²) in [7, 11) is 0. The van der Waals surface area contributed by atoms with Crippen molar-refractivity contribution >= 4 is 15.9 Å². The van der Waals surface area contributed by atoms with Crippen LogP contribution in [0.5, 0.6) is 0 Å². The maximum atomic E-state index is 5.13. The third-order valence-corrected chi connectivity index (χ3v) is 3.22. The van der Waals surface area contributed by atoms with Gasteiger partial charge in [0.15, 0.2) is 0 Å². The largest absolute Gasteiger partial charge is 0.360 e. The fraction of sp³-hybridized carbons (Fsp3) is 0.250. The topological polar surface area (TPSA) is 26.0 Å². The van der Waals surface area contributed by atoms with Gasteiger partial charge in [0.25, 0.3) is 0 Å². The van der Waals surface area contributed by atoms with Gasteiger partial charge < -0.3 is 4.52 Å². The quantitative estimate of drug-likeness (QED) is 0.778. The molecule has 0 aliphatic carbocycles. The van der Waals surface area contributed by atoms with Gasteiger partial charge in [-0.15, -0.1) is 0 Å². The van der Waals surface area contributed by atoms with E-state index in [4.69, 9.17) is 4.52 Å². The lowest BCUT2D eigenvalue weighted by Crippen LogP contribution is -1.83. The molecule has 0 radical (unpaired) electrons. The summed E-state index contributed by atoms with van der Waals surface area (Å²) in [5.74, 6) is 0.809. The van der Waals surface area contributed by atoms with Crippen LogP contribution in [-0.4, -0.2) is 5.16 Å². The van der Waals surface area contributed by atoms with Crippen LogP contribution in [0.1, 0.15) is 16.9 Å². The summed E-state index contributed by atoms with van der Waals surface area (Å²) in [5.41, 5.74) is 4.44. The maximum Gasteiger partial charge on any atom is 0.148 e. The van der Waals surface area contributed by atoms with Gasteiger partial charge in [0.2, 0.25) is 0 Å². The summed E-state index contributed by atoms with van der Waals surface area (Å²) in [4.78, 5) is 0. The molecule has 1 aromatic carbocycles. The zero-order valence-corrected chi connectivity index (χ0v) is 10.6. The maximum absolute atomic E-state index is 5.13. The van der Waals surface area contributed by atoms with Crippen molar-refractivity contribution < 1.29 is 4.52 Å². The third kappa shape index (κ3) is 1.97. The fourth-order valence-electron chi connectivity index (χ4n) is 1.65. The van der Waals surface area contributed by atoms with Crippen LogP contribution < -0.4 is 0 Å². The van der Waals surface area contributed by atoms with Crippen molar-refractivity contribution in [1.82, 2.24) is 5.16 Å². The van der Waals surface area contributed by atoms with E-state index in [1.807, 2.05) is 6.92 Å². The lowest BCUT2D eigenvalue weighted by atomic mass is 10.1. The van der Waals surface area contributed by atoms with E-state index in [1.165, 1.54) is 11.1 Å². The molecule has 0 N–H and O–H groups in total. The number of rotatable bonds is 1. The monoisotopic (exact) mass is 265 g/mol. The van der Waals surface area contributed by atoms with Crippen molar-refractivity contribution in [3.05, 3.63) is 39.6 Å². The number of halogens is 1. The SMILES string of the molecule is Cc1cc(C)cc(-c2noc(C)c2Br)c1. The first-order valence-electron chi connectivity index (χ1n) is 4.78. The zero-order valence-electron chi connectivity index (χ0n) is 8.97. The molecule has 0 saturated heterocycles. The van der Waals surface area contributed by atoms with E-state index in [1.54, 1.807) is 0 Å². The highest BCUT2D eigenvalue weighted by atomic mass is 79.9. The van der Waals surface area contributed by atoms with Gasteiger partial charge >= 0.3 is 0 Å². The molecule has 0 unspecified atom stereocenters. The van der Waals surface area contributed by atoms with Gasteiger partial charge in [-0.05, 0) is 48.8 Å². The van der Waals surface area contributed by atoms with Crippen LogP contribution in [0.25, 0.3) is 11.3 Å². The van der Waals surface area contributed by atoms with Crippen LogP contribution in [0.4, 0.5) is 0 Å². The van der Waals surface area contributed by atoms with Gasteiger partial charge in [0.1, 0.15) is 11.5 Å². The van der Waals surface area contributed by atoms with Gasteiger partial charge in [-0.25, -0.2) is 0 Å². The Bertz CT molecular complexity index is 482. The van der Waals surface area contributed by atoms with Crippen molar-refractivity contribution in [2.45, 2.75) is 20.8 Å².